The third kappa shape index (κ3) is 5.42. The quantitative estimate of drug-likeness (QED) is 0.705. The van der Waals surface area contributed by atoms with Gasteiger partial charge in [0, 0.05) is 26.7 Å². The van der Waals surface area contributed by atoms with Crippen LogP contribution in [0, 0.1) is 0 Å². The zero-order valence-electron chi connectivity index (χ0n) is 11.8. The highest BCUT2D eigenvalue weighted by Gasteiger charge is 2.11. The van der Waals surface area contributed by atoms with Gasteiger partial charge in [-0.15, -0.1) is 0 Å². The second kappa shape index (κ2) is 9.23. The first-order valence-corrected chi connectivity index (χ1v) is 7.38. The SMILES string of the molecule is CCCNc1nc(CCOCC)nc(COC)c1Br. The number of nitrogens with one attached hydrogen (secondary N) is 1. The fourth-order valence-electron chi connectivity index (χ4n) is 1.56. The summed E-state index contributed by atoms with van der Waals surface area (Å²) in [7, 11) is 1.66. The van der Waals surface area contributed by atoms with E-state index in [0.29, 0.717) is 26.2 Å². The molecule has 0 aliphatic rings. The van der Waals surface area contributed by atoms with Crippen LogP contribution >= 0.6 is 15.9 Å². The number of ether oxygens (including phenoxy) is 2. The maximum atomic E-state index is 5.35. The molecule has 0 amide bonds. The van der Waals surface area contributed by atoms with Crippen molar-refractivity contribution in [3.05, 3.63) is 16.0 Å². The van der Waals surface area contributed by atoms with Crippen LogP contribution in [-0.2, 0) is 22.5 Å². The normalized spacial score (nSPS) is 10.7. The van der Waals surface area contributed by atoms with Crippen molar-refractivity contribution >= 4 is 21.7 Å². The highest BCUT2D eigenvalue weighted by Crippen LogP contribution is 2.24. The van der Waals surface area contributed by atoms with E-state index in [0.717, 1.165) is 34.8 Å². The predicted molar refractivity (Wildman–Crippen MR) is 79.4 cm³/mol. The zero-order chi connectivity index (χ0) is 14.1. The van der Waals surface area contributed by atoms with E-state index in [9.17, 15) is 0 Å². The molecule has 5 nitrogen and oxygen atoms in total. The van der Waals surface area contributed by atoms with Gasteiger partial charge in [-0.25, -0.2) is 9.97 Å². The van der Waals surface area contributed by atoms with Crippen LogP contribution in [0.15, 0.2) is 4.47 Å². The molecule has 0 aliphatic heterocycles. The van der Waals surface area contributed by atoms with Crippen LogP contribution in [0.3, 0.4) is 0 Å². The number of hydrogen-bond donors (Lipinski definition) is 1. The number of halogens is 1. The van der Waals surface area contributed by atoms with E-state index in [2.05, 4.69) is 38.1 Å². The van der Waals surface area contributed by atoms with Crippen molar-refractivity contribution in [2.24, 2.45) is 0 Å². The molecule has 0 bridgehead atoms. The molecule has 0 saturated carbocycles. The van der Waals surface area contributed by atoms with Crippen LogP contribution in [0.4, 0.5) is 5.82 Å². The predicted octanol–water partition coefficient (Wildman–Crippen LogP) is 2.79. The van der Waals surface area contributed by atoms with Gasteiger partial charge < -0.3 is 14.8 Å². The highest BCUT2D eigenvalue weighted by molar-refractivity contribution is 9.10. The summed E-state index contributed by atoms with van der Waals surface area (Å²) < 4.78 is 11.4. The van der Waals surface area contributed by atoms with E-state index in [1.807, 2.05) is 6.92 Å². The lowest BCUT2D eigenvalue weighted by Crippen LogP contribution is -2.11. The van der Waals surface area contributed by atoms with Gasteiger partial charge in [0.2, 0.25) is 0 Å². The first-order valence-electron chi connectivity index (χ1n) is 6.58. The minimum absolute atomic E-state index is 0.464. The van der Waals surface area contributed by atoms with E-state index < -0.39 is 0 Å². The highest BCUT2D eigenvalue weighted by atomic mass is 79.9. The van der Waals surface area contributed by atoms with E-state index in [4.69, 9.17) is 9.47 Å². The van der Waals surface area contributed by atoms with Gasteiger partial charge in [-0.3, -0.25) is 0 Å². The first kappa shape index (κ1) is 16.3. The van der Waals surface area contributed by atoms with Crippen molar-refractivity contribution in [2.45, 2.75) is 33.3 Å². The number of anilines is 1. The Bertz CT molecular complexity index is 388. The molecule has 1 heterocycles. The van der Waals surface area contributed by atoms with Gasteiger partial charge in [0.05, 0.1) is 23.4 Å². The van der Waals surface area contributed by atoms with Gasteiger partial charge in [0.1, 0.15) is 11.6 Å². The third-order valence-corrected chi connectivity index (χ3v) is 3.30. The van der Waals surface area contributed by atoms with Crippen LogP contribution in [0.25, 0.3) is 0 Å². The molecule has 0 aliphatic carbocycles. The Balaban J connectivity index is 2.87. The van der Waals surface area contributed by atoms with Crippen molar-refractivity contribution in [3.8, 4) is 0 Å². The Labute approximate surface area is 123 Å². The largest absolute Gasteiger partial charge is 0.381 e. The minimum atomic E-state index is 0.464. The lowest BCUT2D eigenvalue weighted by atomic mass is 10.3. The van der Waals surface area contributed by atoms with Crippen LogP contribution in [0.1, 0.15) is 31.8 Å². The van der Waals surface area contributed by atoms with Gasteiger partial charge >= 0.3 is 0 Å². The van der Waals surface area contributed by atoms with E-state index in [-0.39, 0.29) is 0 Å². The van der Waals surface area contributed by atoms with Gasteiger partial charge in [-0.2, -0.15) is 0 Å². The van der Waals surface area contributed by atoms with E-state index >= 15 is 0 Å². The summed E-state index contributed by atoms with van der Waals surface area (Å²) in [6, 6.07) is 0. The monoisotopic (exact) mass is 331 g/mol. The Morgan fingerprint density at radius 3 is 2.68 bits per heavy atom. The Kier molecular flexibility index (Phi) is 7.93. The Morgan fingerprint density at radius 2 is 2.05 bits per heavy atom. The molecular formula is C13H22BrN3O2. The molecule has 6 heteroatoms. The number of methoxy groups -OCH3 is 1. The number of nitrogens with zero attached hydrogens (tertiary/aromatic N) is 2. The third-order valence-electron chi connectivity index (χ3n) is 2.46. The fourth-order valence-corrected chi connectivity index (χ4v) is 1.99. The molecule has 19 heavy (non-hydrogen) atoms. The summed E-state index contributed by atoms with van der Waals surface area (Å²) >= 11 is 3.53. The number of hydrogen-bond acceptors (Lipinski definition) is 5. The number of rotatable bonds is 9. The molecule has 1 aromatic heterocycles. The topological polar surface area (TPSA) is 56.3 Å². The first-order chi connectivity index (χ1) is 9.22. The van der Waals surface area contributed by atoms with Crippen molar-refractivity contribution in [1.82, 2.24) is 9.97 Å². The maximum absolute atomic E-state index is 5.35. The van der Waals surface area contributed by atoms with Gasteiger partial charge in [-0.05, 0) is 29.3 Å². The maximum Gasteiger partial charge on any atom is 0.144 e. The lowest BCUT2D eigenvalue weighted by molar-refractivity contribution is 0.149. The van der Waals surface area contributed by atoms with Crippen molar-refractivity contribution in [1.29, 1.82) is 0 Å². The van der Waals surface area contributed by atoms with Crippen LogP contribution < -0.4 is 5.32 Å². The van der Waals surface area contributed by atoms with Gasteiger partial charge in [0.25, 0.3) is 0 Å². The molecule has 1 N–H and O–H groups in total. The van der Waals surface area contributed by atoms with Crippen molar-refractivity contribution < 1.29 is 9.47 Å². The number of aromatic nitrogens is 2. The second-order valence-corrected chi connectivity index (χ2v) is 4.85. The molecule has 0 radical (unpaired) electrons. The molecule has 0 spiro atoms. The van der Waals surface area contributed by atoms with Gasteiger partial charge in [-0.1, -0.05) is 6.92 Å². The molecule has 0 fully saturated rings. The second-order valence-electron chi connectivity index (χ2n) is 4.06. The average Bonchev–Trinajstić information content (AvgIpc) is 2.41. The summed E-state index contributed by atoms with van der Waals surface area (Å²) in [5, 5.41) is 3.30. The van der Waals surface area contributed by atoms with Crippen LogP contribution in [0.5, 0.6) is 0 Å². The summed E-state index contributed by atoms with van der Waals surface area (Å²) in [6.07, 6.45) is 1.75. The molecule has 0 saturated heterocycles. The van der Waals surface area contributed by atoms with Gasteiger partial charge in [0.15, 0.2) is 0 Å². The van der Waals surface area contributed by atoms with Crippen molar-refractivity contribution in [2.75, 3.05) is 32.2 Å². The molecule has 0 unspecified atom stereocenters. The summed E-state index contributed by atoms with van der Waals surface area (Å²) in [5.41, 5.74) is 0.864. The lowest BCUT2D eigenvalue weighted by Gasteiger charge is -2.12. The molecule has 0 aromatic carbocycles. The molecule has 1 aromatic rings. The van der Waals surface area contributed by atoms with E-state index in [1.54, 1.807) is 7.11 Å². The average molecular weight is 332 g/mol. The van der Waals surface area contributed by atoms with Crippen molar-refractivity contribution in [3.63, 3.8) is 0 Å². The summed E-state index contributed by atoms with van der Waals surface area (Å²) in [5.74, 6) is 1.61. The standard InChI is InChI=1S/C13H22BrN3O2/c1-4-7-15-13-12(14)10(9-18-3)16-11(17-13)6-8-19-5-2/h4-9H2,1-3H3,(H,15,16,17). The molecule has 0 atom stereocenters. The molecular weight excluding hydrogens is 310 g/mol. The summed E-state index contributed by atoms with van der Waals surface area (Å²) in [4.78, 5) is 9.02. The molecule has 1 rings (SSSR count). The van der Waals surface area contributed by atoms with Crippen LogP contribution in [-0.4, -0.2) is 36.8 Å². The minimum Gasteiger partial charge on any atom is -0.381 e. The Hall–Kier alpha value is -0.720. The zero-order valence-corrected chi connectivity index (χ0v) is 13.4. The Morgan fingerprint density at radius 1 is 1.26 bits per heavy atom. The van der Waals surface area contributed by atoms with E-state index in [1.165, 1.54) is 0 Å². The van der Waals surface area contributed by atoms with Crippen LogP contribution in [0.2, 0.25) is 0 Å². The smallest absolute Gasteiger partial charge is 0.144 e. The summed E-state index contributed by atoms with van der Waals surface area (Å²) in [6.45, 7) is 6.79. The molecule has 108 valence electrons. The fraction of sp³-hybridized carbons (Fsp3) is 0.692.